The predicted molar refractivity (Wildman–Crippen MR) is 71.5 cm³/mol. The third kappa shape index (κ3) is 3.42. The van der Waals surface area contributed by atoms with E-state index in [9.17, 15) is 14.9 Å². The van der Waals surface area contributed by atoms with Gasteiger partial charge in [0.15, 0.2) is 0 Å². The van der Waals surface area contributed by atoms with Crippen LogP contribution in [0.15, 0.2) is 36.9 Å². The second kappa shape index (κ2) is 6.29. The molecule has 0 amide bonds. The lowest BCUT2D eigenvalue weighted by Gasteiger charge is -2.10. The van der Waals surface area contributed by atoms with E-state index in [0.29, 0.717) is 18.6 Å². The molecule has 0 aliphatic carbocycles. The summed E-state index contributed by atoms with van der Waals surface area (Å²) < 4.78 is 10.8. The normalized spacial score (nSPS) is 21.4. The van der Waals surface area contributed by atoms with Crippen molar-refractivity contribution in [3.05, 3.63) is 52.6 Å². The van der Waals surface area contributed by atoms with Crippen LogP contribution in [0, 0.1) is 10.1 Å². The van der Waals surface area contributed by atoms with Crippen molar-refractivity contribution in [1.82, 2.24) is 0 Å². The van der Waals surface area contributed by atoms with Gasteiger partial charge in [-0.2, -0.15) is 0 Å². The van der Waals surface area contributed by atoms with Crippen molar-refractivity contribution < 1.29 is 19.2 Å². The zero-order valence-electron chi connectivity index (χ0n) is 10.9. The van der Waals surface area contributed by atoms with Gasteiger partial charge in [0.25, 0.3) is 5.69 Å². The fourth-order valence-corrected chi connectivity index (χ4v) is 2.04. The van der Waals surface area contributed by atoms with E-state index in [0.717, 1.165) is 6.42 Å². The highest BCUT2D eigenvalue weighted by atomic mass is 16.6. The van der Waals surface area contributed by atoms with Gasteiger partial charge in [-0.1, -0.05) is 6.08 Å². The molecule has 1 aliphatic heterocycles. The number of benzene rings is 1. The average Bonchev–Trinajstić information content (AvgIpc) is 2.86. The minimum Gasteiger partial charge on any atom is -0.456 e. The highest BCUT2D eigenvalue weighted by molar-refractivity contribution is 5.89. The van der Waals surface area contributed by atoms with Crippen molar-refractivity contribution >= 4 is 11.7 Å². The van der Waals surface area contributed by atoms with Gasteiger partial charge in [0.1, 0.15) is 6.10 Å². The van der Waals surface area contributed by atoms with E-state index >= 15 is 0 Å². The summed E-state index contributed by atoms with van der Waals surface area (Å²) in [5.41, 5.74) is 0.236. The number of nitro groups is 1. The van der Waals surface area contributed by atoms with Gasteiger partial charge in [-0.15, -0.1) is 6.58 Å². The summed E-state index contributed by atoms with van der Waals surface area (Å²) >= 11 is 0. The lowest BCUT2D eigenvalue weighted by Crippen LogP contribution is -2.18. The average molecular weight is 277 g/mol. The topological polar surface area (TPSA) is 78.7 Å². The maximum absolute atomic E-state index is 11.9. The Morgan fingerprint density at radius 2 is 2.20 bits per heavy atom. The molecule has 0 bridgehead atoms. The van der Waals surface area contributed by atoms with E-state index in [1.165, 1.54) is 24.3 Å². The second-order valence-electron chi connectivity index (χ2n) is 4.55. The zero-order chi connectivity index (χ0) is 14.5. The number of non-ortho nitro benzene ring substituents is 1. The van der Waals surface area contributed by atoms with E-state index in [1.54, 1.807) is 6.08 Å². The van der Waals surface area contributed by atoms with E-state index < -0.39 is 10.9 Å². The molecule has 0 aromatic heterocycles. The van der Waals surface area contributed by atoms with Crippen molar-refractivity contribution in [3.8, 4) is 0 Å². The van der Waals surface area contributed by atoms with E-state index in [1.807, 2.05) is 0 Å². The van der Waals surface area contributed by atoms with Crippen LogP contribution < -0.4 is 0 Å². The molecule has 1 heterocycles. The molecule has 0 N–H and O–H groups in total. The highest BCUT2D eigenvalue weighted by Crippen LogP contribution is 2.21. The van der Waals surface area contributed by atoms with Crippen LogP contribution in [0.25, 0.3) is 0 Å². The maximum atomic E-state index is 11.9. The Morgan fingerprint density at radius 3 is 2.80 bits per heavy atom. The second-order valence-corrected chi connectivity index (χ2v) is 4.55. The molecule has 2 atom stereocenters. The Labute approximate surface area is 116 Å². The van der Waals surface area contributed by atoms with Gasteiger partial charge in [0.2, 0.25) is 0 Å². The van der Waals surface area contributed by atoms with Crippen molar-refractivity contribution in [3.63, 3.8) is 0 Å². The molecule has 1 aromatic carbocycles. The lowest BCUT2D eigenvalue weighted by molar-refractivity contribution is -0.384. The van der Waals surface area contributed by atoms with Crippen molar-refractivity contribution in [2.45, 2.75) is 25.0 Å². The molecule has 6 nitrogen and oxygen atoms in total. The molecular weight excluding hydrogens is 262 g/mol. The van der Waals surface area contributed by atoms with Crippen LogP contribution in [0.5, 0.6) is 0 Å². The Kier molecular flexibility index (Phi) is 4.47. The number of rotatable bonds is 5. The molecule has 0 saturated carbocycles. The molecule has 20 heavy (non-hydrogen) atoms. The molecule has 1 saturated heterocycles. The first-order valence-corrected chi connectivity index (χ1v) is 6.28. The quantitative estimate of drug-likeness (QED) is 0.357. The van der Waals surface area contributed by atoms with Crippen LogP contribution in [0.4, 0.5) is 5.69 Å². The summed E-state index contributed by atoms with van der Waals surface area (Å²) in [6.07, 6.45) is 2.91. The van der Waals surface area contributed by atoms with E-state index in [4.69, 9.17) is 9.47 Å². The van der Waals surface area contributed by atoms with Crippen LogP contribution >= 0.6 is 0 Å². The fourth-order valence-electron chi connectivity index (χ4n) is 2.04. The number of nitro benzene ring substituents is 1. The first-order chi connectivity index (χ1) is 9.60. The number of hydrogen-bond acceptors (Lipinski definition) is 5. The van der Waals surface area contributed by atoms with Crippen LogP contribution in [0.3, 0.4) is 0 Å². The lowest BCUT2D eigenvalue weighted by atomic mass is 10.1. The van der Waals surface area contributed by atoms with Gasteiger partial charge in [0.05, 0.1) is 23.2 Å². The van der Waals surface area contributed by atoms with E-state index in [2.05, 4.69) is 6.58 Å². The molecule has 2 rings (SSSR count). The SMILES string of the molecule is C=CCC1CC(OC(=O)c2ccc([N+](=O)[O-])cc2)CO1. The largest absolute Gasteiger partial charge is 0.456 e. The molecule has 2 unspecified atom stereocenters. The first-order valence-electron chi connectivity index (χ1n) is 6.28. The summed E-state index contributed by atoms with van der Waals surface area (Å²) in [5.74, 6) is -0.493. The van der Waals surface area contributed by atoms with Crippen LogP contribution in [-0.4, -0.2) is 29.7 Å². The maximum Gasteiger partial charge on any atom is 0.338 e. The number of carbonyl (C=O) groups excluding carboxylic acids is 1. The van der Waals surface area contributed by atoms with Crippen LogP contribution in [0.1, 0.15) is 23.2 Å². The number of hydrogen-bond donors (Lipinski definition) is 0. The third-order valence-electron chi connectivity index (χ3n) is 3.06. The van der Waals surface area contributed by atoms with Crippen LogP contribution in [0.2, 0.25) is 0 Å². The Hall–Kier alpha value is -2.21. The summed E-state index contributed by atoms with van der Waals surface area (Å²) in [4.78, 5) is 21.9. The monoisotopic (exact) mass is 277 g/mol. The number of esters is 1. The van der Waals surface area contributed by atoms with E-state index in [-0.39, 0.29) is 17.9 Å². The standard InChI is InChI=1S/C14H15NO5/c1-2-3-12-8-13(9-19-12)20-14(16)10-4-6-11(7-5-10)15(17)18/h2,4-7,12-13H,1,3,8-9H2. The fraction of sp³-hybridized carbons (Fsp3) is 0.357. The molecule has 106 valence electrons. The first kappa shape index (κ1) is 14.2. The molecule has 1 aromatic rings. The van der Waals surface area contributed by atoms with Gasteiger partial charge < -0.3 is 9.47 Å². The van der Waals surface area contributed by atoms with Gasteiger partial charge in [-0.05, 0) is 18.6 Å². The predicted octanol–water partition coefficient (Wildman–Crippen LogP) is 2.49. The van der Waals surface area contributed by atoms with Crippen LogP contribution in [-0.2, 0) is 9.47 Å². The zero-order valence-corrected chi connectivity index (χ0v) is 10.9. The van der Waals surface area contributed by atoms with Crippen molar-refractivity contribution in [1.29, 1.82) is 0 Å². The molecule has 0 spiro atoms. The summed E-state index contributed by atoms with van der Waals surface area (Å²) in [5, 5.41) is 10.5. The van der Waals surface area contributed by atoms with Crippen molar-refractivity contribution in [2.24, 2.45) is 0 Å². The summed E-state index contributed by atoms with van der Waals surface area (Å²) in [6.45, 7) is 4.01. The number of ether oxygens (including phenoxy) is 2. The molecule has 1 fully saturated rings. The minimum atomic E-state index is -0.514. The van der Waals surface area contributed by atoms with Crippen molar-refractivity contribution in [2.75, 3.05) is 6.61 Å². The summed E-state index contributed by atoms with van der Waals surface area (Å²) in [7, 11) is 0. The van der Waals surface area contributed by atoms with Gasteiger partial charge in [-0.3, -0.25) is 10.1 Å². The van der Waals surface area contributed by atoms with Gasteiger partial charge in [0, 0.05) is 18.6 Å². The summed E-state index contributed by atoms with van der Waals surface area (Å²) in [6, 6.07) is 5.33. The Morgan fingerprint density at radius 1 is 1.50 bits per heavy atom. The highest BCUT2D eigenvalue weighted by Gasteiger charge is 2.27. The molecule has 6 heteroatoms. The number of nitrogens with zero attached hydrogens (tertiary/aromatic N) is 1. The Bertz CT molecular complexity index is 511. The minimum absolute atomic E-state index is 0.0437. The smallest absolute Gasteiger partial charge is 0.338 e. The molecule has 0 radical (unpaired) electrons. The Balaban J connectivity index is 1.92. The van der Waals surface area contributed by atoms with Gasteiger partial charge in [-0.25, -0.2) is 4.79 Å². The van der Waals surface area contributed by atoms with Gasteiger partial charge >= 0.3 is 5.97 Å². The molecule has 1 aliphatic rings. The molecular formula is C14H15NO5. The third-order valence-corrected chi connectivity index (χ3v) is 3.06. The number of carbonyl (C=O) groups is 1.